The summed E-state index contributed by atoms with van der Waals surface area (Å²) in [6.07, 6.45) is 6.45. The lowest BCUT2D eigenvalue weighted by atomic mass is 10.2. The first kappa shape index (κ1) is 16.1. The van der Waals surface area contributed by atoms with Crippen molar-refractivity contribution in [3.63, 3.8) is 0 Å². The van der Waals surface area contributed by atoms with E-state index in [-0.39, 0.29) is 11.9 Å². The Bertz CT molecular complexity index is 670. The summed E-state index contributed by atoms with van der Waals surface area (Å²) in [4.78, 5) is 24.6. The molecule has 1 aliphatic rings. The zero-order valence-electron chi connectivity index (χ0n) is 13.6. The van der Waals surface area contributed by atoms with Gasteiger partial charge in [-0.25, -0.2) is 4.98 Å². The third kappa shape index (κ3) is 3.76. The van der Waals surface area contributed by atoms with Gasteiger partial charge < -0.3 is 5.32 Å². The Morgan fingerprint density at radius 3 is 2.91 bits per heavy atom. The van der Waals surface area contributed by atoms with Crippen LogP contribution in [0.1, 0.15) is 35.9 Å². The third-order valence-electron chi connectivity index (χ3n) is 4.26. The molecule has 1 N–H and O–H groups in total. The molecule has 23 heavy (non-hydrogen) atoms. The van der Waals surface area contributed by atoms with Crippen LogP contribution in [0.4, 0.5) is 5.13 Å². The Morgan fingerprint density at radius 2 is 2.22 bits per heavy atom. The quantitative estimate of drug-likeness (QED) is 0.915. The minimum Gasteiger partial charge on any atom is -0.301 e. The molecule has 0 radical (unpaired) electrons. The summed E-state index contributed by atoms with van der Waals surface area (Å²) in [5.41, 5.74) is 2.27. The molecule has 1 amide bonds. The average molecular weight is 330 g/mol. The molecule has 2 aromatic rings. The number of carbonyl (C=O) groups excluding carboxylic acids is 1. The molecule has 1 aliphatic heterocycles. The number of likely N-dealkylation sites (tertiary alicyclic amines) is 1. The number of anilines is 1. The van der Waals surface area contributed by atoms with Crippen molar-refractivity contribution in [1.82, 2.24) is 14.9 Å². The van der Waals surface area contributed by atoms with Gasteiger partial charge in [0.25, 0.3) is 0 Å². The maximum Gasteiger partial charge on any atom is 0.243 e. The van der Waals surface area contributed by atoms with Gasteiger partial charge in [0.1, 0.15) is 0 Å². The molecular weight excluding hydrogens is 308 g/mol. The first-order valence-corrected chi connectivity index (χ1v) is 8.89. The van der Waals surface area contributed by atoms with Crippen molar-refractivity contribution in [1.29, 1.82) is 0 Å². The molecule has 3 heterocycles. The maximum absolute atomic E-state index is 12.6. The second-order valence-corrected chi connectivity index (χ2v) is 7.05. The number of pyridine rings is 1. The van der Waals surface area contributed by atoms with E-state index in [0.717, 1.165) is 43.2 Å². The predicted octanol–water partition coefficient (Wildman–Crippen LogP) is 3.01. The minimum absolute atomic E-state index is 0.0629. The molecule has 0 bridgehead atoms. The van der Waals surface area contributed by atoms with Crippen LogP contribution >= 0.6 is 11.3 Å². The van der Waals surface area contributed by atoms with Gasteiger partial charge in [0, 0.05) is 23.8 Å². The monoisotopic (exact) mass is 330 g/mol. The van der Waals surface area contributed by atoms with Crippen LogP contribution < -0.4 is 5.32 Å². The number of aromatic nitrogens is 2. The van der Waals surface area contributed by atoms with Gasteiger partial charge in [-0.05, 0) is 50.4 Å². The molecule has 2 aromatic heterocycles. The number of rotatable bonds is 5. The number of hydrogen-bond donors (Lipinski definition) is 1. The van der Waals surface area contributed by atoms with E-state index in [4.69, 9.17) is 0 Å². The molecule has 1 saturated heterocycles. The Morgan fingerprint density at radius 1 is 1.43 bits per heavy atom. The van der Waals surface area contributed by atoms with Crippen LogP contribution in [-0.2, 0) is 17.8 Å². The van der Waals surface area contributed by atoms with Crippen molar-refractivity contribution in [3.05, 3.63) is 40.7 Å². The van der Waals surface area contributed by atoms with Crippen LogP contribution in [0.25, 0.3) is 0 Å². The summed E-state index contributed by atoms with van der Waals surface area (Å²) < 4.78 is 0. The molecular formula is C17H22N4OS. The van der Waals surface area contributed by atoms with Crippen molar-refractivity contribution in [2.75, 3.05) is 11.9 Å². The molecule has 0 spiro atoms. The van der Waals surface area contributed by atoms with Crippen molar-refractivity contribution >= 4 is 22.4 Å². The molecule has 0 unspecified atom stereocenters. The molecule has 0 saturated carbocycles. The van der Waals surface area contributed by atoms with Gasteiger partial charge in [-0.15, -0.1) is 11.3 Å². The summed E-state index contributed by atoms with van der Waals surface area (Å²) in [5.74, 6) is 0.0629. The Kier molecular flexibility index (Phi) is 5.03. The number of amides is 1. The van der Waals surface area contributed by atoms with Gasteiger partial charge in [-0.2, -0.15) is 0 Å². The van der Waals surface area contributed by atoms with Gasteiger partial charge in [0.2, 0.25) is 5.91 Å². The number of thiazole rings is 1. The zero-order chi connectivity index (χ0) is 16.2. The van der Waals surface area contributed by atoms with Gasteiger partial charge in [-0.3, -0.25) is 14.7 Å². The van der Waals surface area contributed by atoms with E-state index in [0.29, 0.717) is 0 Å². The van der Waals surface area contributed by atoms with Crippen molar-refractivity contribution in [2.24, 2.45) is 0 Å². The van der Waals surface area contributed by atoms with Gasteiger partial charge >= 0.3 is 0 Å². The van der Waals surface area contributed by atoms with Crippen molar-refractivity contribution in [2.45, 2.75) is 45.7 Å². The average Bonchev–Trinajstić information content (AvgIpc) is 3.14. The van der Waals surface area contributed by atoms with Crippen LogP contribution in [-0.4, -0.2) is 33.4 Å². The topological polar surface area (TPSA) is 58.1 Å². The first-order valence-electron chi connectivity index (χ1n) is 8.07. The summed E-state index contributed by atoms with van der Waals surface area (Å²) in [6.45, 7) is 5.88. The standard InChI is InChI=1S/C17H22N4OS/c1-3-14-12(2)23-17(19-14)20-16(22)15-5-4-10-21(15)11-13-6-8-18-9-7-13/h6-9,15H,3-5,10-11H2,1-2H3,(H,19,20,22)/t15-/m1/s1. The van der Waals surface area contributed by atoms with E-state index in [1.807, 2.05) is 12.1 Å². The van der Waals surface area contributed by atoms with Gasteiger partial charge in [0.05, 0.1) is 11.7 Å². The summed E-state index contributed by atoms with van der Waals surface area (Å²) >= 11 is 1.56. The first-order chi connectivity index (χ1) is 11.2. The fourth-order valence-electron chi connectivity index (χ4n) is 3.03. The van der Waals surface area contributed by atoms with E-state index >= 15 is 0 Å². The predicted molar refractivity (Wildman–Crippen MR) is 92.5 cm³/mol. The van der Waals surface area contributed by atoms with Crippen molar-refractivity contribution < 1.29 is 4.79 Å². The molecule has 0 aromatic carbocycles. The van der Waals surface area contributed by atoms with E-state index in [9.17, 15) is 4.79 Å². The van der Waals surface area contributed by atoms with Crippen LogP contribution in [0.15, 0.2) is 24.5 Å². The van der Waals surface area contributed by atoms with Gasteiger partial charge in [-0.1, -0.05) is 6.92 Å². The smallest absolute Gasteiger partial charge is 0.243 e. The molecule has 122 valence electrons. The van der Waals surface area contributed by atoms with E-state index in [1.54, 1.807) is 23.7 Å². The maximum atomic E-state index is 12.6. The second-order valence-electron chi connectivity index (χ2n) is 5.85. The van der Waals surface area contributed by atoms with Crippen LogP contribution in [0.2, 0.25) is 0 Å². The normalized spacial score (nSPS) is 18.3. The highest BCUT2D eigenvalue weighted by atomic mass is 32.1. The van der Waals surface area contributed by atoms with Gasteiger partial charge in [0.15, 0.2) is 5.13 Å². The van der Waals surface area contributed by atoms with E-state index in [2.05, 4.69) is 34.0 Å². The fraction of sp³-hybridized carbons (Fsp3) is 0.471. The second kappa shape index (κ2) is 7.19. The zero-order valence-corrected chi connectivity index (χ0v) is 14.4. The Hall–Kier alpha value is -1.79. The summed E-state index contributed by atoms with van der Waals surface area (Å²) in [6, 6.07) is 3.94. The van der Waals surface area contributed by atoms with Crippen LogP contribution in [0.5, 0.6) is 0 Å². The summed E-state index contributed by atoms with van der Waals surface area (Å²) in [7, 11) is 0. The molecule has 6 heteroatoms. The highest BCUT2D eigenvalue weighted by Crippen LogP contribution is 2.25. The van der Waals surface area contributed by atoms with Crippen LogP contribution in [0.3, 0.4) is 0 Å². The molecule has 0 aliphatic carbocycles. The molecule has 1 fully saturated rings. The number of hydrogen-bond acceptors (Lipinski definition) is 5. The molecule has 3 rings (SSSR count). The van der Waals surface area contributed by atoms with E-state index in [1.165, 1.54) is 10.4 Å². The molecule has 1 atom stereocenters. The summed E-state index contributed by atoms with van der Waals surface area (Å²) in [5, 5.41) is 3.73. The lowest BCUT2D eigenvalue weighted by molar-refractivity contribution is -0.120. The van der Waals surface area contributed by atoms with E-state index < -0.39 is 0 Å². The number of carbonyl (C=O) groups is 1. The highest BCUT2D eigenvalue weighted by Gasteiger charge is 2.31. The fourth-order valence-corrected chi connectivity index (χ4v) is 3.94. The van der Waals surface area contributed by atoms with Crippen LogP contribution in [0, 0.1) is 6.92 Å². The third-order valence-corrected chi connectivity index (χ3v) is 5.19. The minimum atomic E-state index is -0.0718. The Balaban J connectivity index is 1.65. The number of nitrogens with one attached hydrogen (secondary N) is 1. The number of aryl methyl sites for hydroxylation is 2. The lowest BCUT2D eigenvalue weighted by Gasteiger charge is -2.23. The highest BCUT2D eigenvalue weighted by molar-refractivity contribution is 7.15. The molecule has 5 nitrogen and oxygen atoms in total. The number of nitrogens with zero attached hydrogens (tertiary/aromatic N) is 3. The lowest BCUT2D eigenvalue weighted by Crippen LogP contribution is -2.39. The van der Waals surface area contributed by atoms with Crippen molar-refractivity contribution in [3.8, 4) is 0 Å². The largest absolute Gasteiger partial charge is 0.301 e. The SMILES string of the molecule is CCc1nc(NC(=O)[C@H]2CCCN2Cc2ccncc2)sc1C. The Labute approximate surface area is 140 Å².